The molecule has 1 aromatic rings. The van der Waals surface area contributed by atoms with E-state index in [4.69, 9.17) is 4.74 Å². The summed E-state index contributed by atoms with van der Waals surface area (Å²) in [7, 11) is 0. The van der Waals surface area contributed by atoms with Gasteiger partial charge in [0.15, 0.2) is 0 Å². The highest BCUT2D eigenvalue weighted by Crippen LogP contribution is 2.28. The number of benzene rings is 1. The smallest absolute Gasteiger partial charge is 0.407 e. The van der Waals surface area contributed by atoms with Crippen molar-refractivity contribution in [3.63, 3.8) is 0 Å². The Balaban J connectivity index is 2.02. The first-order valence-electron chi connectivity index (χ1n) is 13.8. The molecule has 0 heterocycles. The summed E-state index contributed by atoms with van der Waals surface area (Å²) in [6.45, 7) is 8.94. The lowest BCUT2D eigenvalue weighted by Crippen LogP contribution is -2.54. The van der Waals surface area contributed by atoms with Crippen molar-refractivity contribution in [2.45, 2.75) is 109 Å². The lowest BCUT2D eigenvalue weighted by Gasteiger charge is -2.33. The lowest BCUT2D eigenvalue weighted by molar-refractivity contribution is -0.124. The average molecular weight is 534 g/mol. The molecule has 38 heavy (non-hydrogen) atoms. The highest BCUT2D eigenvalue weighted by Gasteiger charge is 2.33. The molecule has 1 aromatic carbocycles. The molecule has 0 bridgehead atoms. The van der Waals surface area contributed by atoms with E-state index < -0.39 is 41.9 Å². The Hall–Kier alpha value is -2.65. The van der Waals surface area contributed by atoms with Crippen molar-refractivity contribution in [1.82, 2.24) is 16.0 Å². The van der Waals surface area contributed by atoms with Gasteiger partial charge in [0.05, 0.1) is 12.1 Å². The molecule has 4 atom stereocenters. The molecular formula is C29H47N3O6. The monoisotopic (exact) mass is 533 g/mol. The molecule has 0 spiro atoms. The van der Waals surface area contributed by atoms with Crippen molar-refractivity contribution in [2.75, 3.05) is 6.54 Å². The maximum Gasteiger partial charge on any atom is 0.407 e. The largest absolute Gasteiger partial charge is 0.444 e. The maximum absolute atomic E-state index is 13.0. The van der Waals surface area contributed by atoms with E-state index in [0.717, 1.165) is 25.7 Å². The van der Waals surface area contributed by atoms with Gasteiger partial charge in [0.1, 0.15) is 17.7 Å². The quantitative estimate of drug-likeness (QED) is 0.279. The Bertz CT molecular complexity index is 880. The fourth-order valence-corrected chi connectivity index (χ4v) is 4.78. The number of aliphatic hydroxyl groups excluding tert-OH is 2. The Labute approximate surface area is 227 Å². The summed E-state index contributed by atoms with van der Waals surface area (Å²) in [6, 6.07) is 7.11. The third-order valence-electron chi connectivity index (χ3n) is 6.67. The minimum absolute atomic E-state index is 0.134. The van der Waals surface area contributed by atoms with Crippen molar-refractivity contribution < 1.29 is 29.3 Å². The zero-order chi connectivity index (χ0) is 28.3. The second-order valence-corrected chi connectivity index (χ2v) is 11.8. The Morgan fingerprint density at radius 1 is 1.00 bits per heavy atom. The van der Waals surface area contributed by atoms with Crippen LogP contribution in [0.15, 0.2) is 30.3 Å². The second-order valence-electron chi connectivity index (χ2n) is 11.8. The van der Waals surface area contributed by atoms with Crippen LogP contribution in [-0.2, 0) is 9.53 Å². The third-order valence-corrected chi connectivity index (χ3v) is 6.67. The van der Waals surface area contributed by atoms with Crippen molar-refractivity contribution in [3.05, 3.63) is 35.9 Å². The summed E-state index contributed by atoms with van der Waals surface area (Å²) in [5, 5.41) is 30.0. The third kappa shape index (κ3) is 11.4. The molecule has 2 rings (SSSR count). The molecule has 5 N–H and O–H groups in total. The molecule has 1 aliphatic rings. The Morgan fingerprint density at radius 2 is 1.63 bits per heavy atom. The van der Waals surface area contributed by atoms with Crippen LogP contribution in [0.25, 0.3) is 0 Å². The van der Waals surface area contributed by atoms with E-state index in [9.17, 15) is 24.6 Å². The molecule has 1 aliphatic carbocycles. The molecule has 0 aromatic heterocycles. The van der Waals surface area contributed by atoms with Gasteiger partial charge in [-0.15, -0.1) is 0 Å². The topological polar surface area (TPSA) is 137 Å². The molecule has 0 radical (unpaired) electrons. The first-order chi connectivity index (χ1) is 17.9. The summed E-state index contributed by atoms with van der Waals surface area (Å²) in [6.07, 6.45) is 3.01. The van der Waals surface area contributed by atoms with Gasteiger partial charge >= 0.3 is 6.09 Å². The van der Waals surface area contributed by atoms with Crippen LogP contribution < -0.4 is 16.0 Å². The summed E-state index contributed by atoms with van der Waals surface area (Å²) < 4.78 is 5.37. The zero-order valence-electron chi connectivity index (χ0n) is 23.5. The first-order valence-corrected chi connectivity index (χ1v) is 13.8. The highest BCUT2D eigenvalue weighted by atomic mass is 16.6. The van der Waals surface area contributed by atoms with Gasteiger partial charge in [-0.3, -0.25) is 9.59 Å². The maximum atomic E-state index is 13.0. The van der Waals surface area contributed by atoms with Gasteiger partial charge in [0.25, 0.3) is 5.91 Å². The van der Waals surface area contributed by atoms with Gasteiger partial charge in [0.2, 0.25) is 5.91 Å². The van der Waals surface area contributed by atoms with Gasteiger partial charge in [-0.25, -0.2) is 4.79 Å². The van der Waals surface area contributed by atoms with Gasteiger partial charge in [-0.1, -0.05) is 64.2 Å². The van der Waals surface area contributed by atoms with Crippen LogP contribution in [0.5, 0.6) is 0 Å². The molecule has 1 fully saturated rings. The Morgan fingerprint density at radius 3 is 2.21 bits per heavy atom. The molecular weight excluding hydrogens is 486 g/mol. The van der Waals surface area contributed by atoms with Crippen LogP contribution in [0.1, 0.15) is 89.9 Å². The van der Waals surface area contributed by atoms with Gasteiger partial charge in [-0.2, -0.15) is 0 Å². The van der Waals surface area contributed by atoms with Gasteiger partial charge in [-0.05, 0) is 57.6 Å². The molecule has 214 valence electrons. The molecule has 3 amide bonds. The fraction of sp³-hybridized carbons (Fsp3) is 0.690. The number of hydrogen-bond acceptors (Lipinski definition) is 6. The number of alkyl carbamates (subject to hydrolysis) is 1. The van der Waals surface area contributed by atoms with E-state index >= 15 is 0 Å². The number of aliphatic hydroxyl groups is 2. The zero-order valence-corrected chi connectivity index (χ0v) is 23.5. The number of rotatable bonds is 12. The van der Waals surface area contributed by atoms with Crippen LogP contribution in [0.4, 0.5) is 4.79 Å². The lowest BCUT2D eigenvalue weighted by atomic mass is 9.83. The molecule has 9 heteroatoms. The molecule has 0 saturated heterocycles. The van der Waals surface area contributed by atoms with E-state index in [2.05, 4.69) is 16.0 Å². The standard InChI is InChI=1S/C29H47N3O6/c1-19(2)16-23(31-26(35)21-14-10-7-11-15-21)27(36)30-18-24(33)25(34)22(17-20-12-8-6-9-13-20)32-28(37)38-29(3,4)5/h7,10-11,14-15,19-20,22-25,33-34H,6,8-9,12-13,16-18H2,1-5H3,(H,30,36)(H,31,35)(H,32,37)/t22?,23-,24?,25?/m0/s1. The van der Waals surface area contributed by atoms with Crippen LogP contribution in [0.2, 0.25) is 0 Å². The Kier molecular flexibility index (Phi) is 12.5. The number of carbonyl (C=O) groups excluding carboxylic acids is 3. The second kappa shape index (κ2) is 15.1. The summed E-state index contributed by atoms with van der Waals surface area (Å²) in [5.41, 5.74) is -0.254. The van der Waals surface area contributed by atoms with E-state index in [1.54, 1.807) is 51.1 Å². The molecule has 3 unspecified atom stereocenters. The summed E-state index contributed by atoms with van der Waals surface area (Å²) >= 11 is 0. The predicted octanol–water partition coefficient (Wildman–Crippen LogP) is 3.53. The SMILES string of the molecule is CC(C)C[C@H](NC(=O)c1ccccc1)C(=O)NCC(O)C(O)C(CC1CCCCC1)NC(=O)OC(C)(C)C. The van der Waals surface area contributed by atoms with Crippen LogP contribution in [0.3, 0.4) is 0 Å². The molecule has 0 aliphatic heterocycles. The first kappa shape index (κ1) is 31.6. The van der Waals surface area contributed by atoms with E-state index in [0.29, 0.717) is 24.3 Å². The van der Waals surface area contributed by atoms with Crippen molar-refractivity contribution in [1.29, 1.82) is 0 Å². The minimum atomic E-state index is -1.33. The van der Waals surface area contributed by atoms with Crippen molar-refractivity contribution in [2.24, 2.45) is 11.8 Å². The van der Waals surface area contributed by atoms with Gasteiger partial charge < -0.3 is 30.9 Å². The van der Waals surface area contributed by atoms with Crippen molar-refractivity contribution in [3.8, 4) is 0 Å². The minimum Gasteiger partial charge on any atom is -0.444 e. The summed E-state index contributed by atoms with van der Waals surface area (Å²) in [5.74, 6) is -0.349. The average Bonchev–Trinajstić information content (AvgIpc) is 2.85. The molecule has 1 saturated carbocycles. The number of hydrogen-bond donors (Lipinski definition) is 5. The fourth-order valence-electron chi connectivity index (χ4n) is 4.78. The molecule has 9 nitrogen and oxygen atoms in total. The van der Waals surface area contributed by atoms with E-state index in [-0.39, 0.29) is 18.4 Å². The number of amides is 3. The van der Waals surface area contributed by atoms with Crippen molar-refractivity contribution >= 4 is 17.9 Å². The highest BCUT2D eigenvalue weighted by molar-refractivity contribution is 5.97. The van der Waals surface area contributed by atoms with E-state index in [1.165, 1.54) is 6.42 Å². The normalized spacial score (nSPS) is 17.7. The van der Waals surface area contributed by atoms with Crippen LogP contribution >= 0.6 is 0 Å². The number of carbonyl (C=O) groups is 3. The summed E-state index contributed by atoms with van der Waals surface area (Å²) in [4.78, 5) is 38.1. The van der Waals surface area contributed by atoms with E-state index in [1.807, 2.05) is 13.8 Å². The number of nitrogens with one attached hydrogen (secondary N) is 3. The van der Waals surface area contributed by atoms with Crippen LogP contribution in [-0.4, -0.2) is 64.6 Å². The number of ether oxygens (including phenoxy) is 1. The van der Waals surface area contributed by atoms with Gasteiger partial charge in [0, 0.05) is 12.1 Å². The van der Waals surface area contributed by atoms with Crippen LogP contribution in [0, 0.1) is 11.8 Å². The predicted molar refractivity (Wildman–Crippen MR) is 147 cm³/mol.